The van der Waals surface area contributed by atoms with Crippen molar-refractivity contribution in [2.45, 2.75) is 283 Å². The number of aliphatic hydroxyl groups is 3. The second-order valence-electron chi connectivity index (χ2n) is 17.7. The molecule has 0 heterocycles. The first-order valence-corrected chi connectivity index (χ1v) is 25.9. The smallest absolute Gasteiger partial charge is 0.249 e. The van der Waals surface area contributed by atoms with Gasteiger partial charge in [0, 0.05) is 0 Å². The van der Waals surface area contributed by atoms with Crippen molar-refractivity contribution in [1.82, 2.24) is 5.32 Å². The molecule has 0 aromatic carbocycles. The van der Waals surface area contributed by atoms with Gasteiger partial charge in [-0.15, -0.1) is 0 Å². The van der Waals surface area contributed by atoms with Crippen LogP contribution < -0.4 is 5.32 Å². The van der Waals surface area contributed by atoms with Crippen LogP contribution in [0.2, 0.25) is 0 Å². The second kappa shape index (κ2) is 49.0. The summed E-state index contributed by atoms with van der Waals surface area (Å²) in [6, 6.07) is -0.819. The molecule has 5 nitrogen and oxygen atoms in total. The van der Waals surface area contributed by atoms with Gasteiger partial charge in [0.2, 0.25) is 5.91 Å². The van der Waals surface area contributed by atoms with Crippen molar-refractivity contribution in [3.63, 3.8) is 0 Å². The van der Waals surface area contributed by atoms with Crippen LogP contribution in [-0.4, -0.2) is 46.1 Å². The topological polar surface area (TPSA) is 89.8 Å². The zero-order valence-corrected chi connectivity index (χ0v) is 39.4. The Hall–Kier alpha value is -1.69. The fourth-order valence-electron chi connectivity index (χ4n) is 7.93. The summed E-state index contributed by atoms with van der Waals surface area (Å²) in [4.78, 5) is 12.4. The maximum absolute atomic E-state index is 12.4. The lowest BCUT2D eigenvalue weighted by atomic mass is 10.0. The van der Waals surface area contributed by atoms with Crippen LogP contribution in [0.4, 0.5) is 0 Å². The Kier molecular flexibility index (Phi) is 47.6. The summed E-state index contributed by atoms with van der Waals surface area (Å²) in [5.74, 6) is -0.519. The quantitative estimate of drug-likeness (QED) is 0.0363. The van der Waals surface area contributed by atoms with Crippen molar-refractivity contribution in [3.8, 4) is 0 Å². The van der Waals surface area contributed by atoms with E-state index in [1.54, 1.807) is 6.08 Å². The third-order valence-corrected chi connectivity index (χ3v) is 12.0. The molecule has 0 aliphatic carbocycles. The minimum atomic E-state index is -1.11. The zero-order valence-electron chi connectivity index (χ0n) is 39.4. The van der Waals surface area contributed by atoms with E-state index in [1.807, 2.05) is 13.0 Å². The molecule has 0 radical (unpaired) electrons. The average molecular weight is 828 g/mol. The number of rotatable bonds is 47. The second-order valence-corrected chi connectivity index (χ2v) is 17.7. The fourth-order valence-corrected chi connectivity index (χ4v) is 7.93. The van der Waals surface area contributed by atoms with Gasteiger partial charge >= 0.3 is 0 Å². The van der Waals surface area contributed by atoms with Crippen LogP contribution >= 0.6 is 0 Å². The molecular weight excluding hydrogens is 727 g/mol. The molecule has 0 fully saturated rings. The highest BCUT2D eigenvalue weighted by Crippen LogP contribution is 2.17. The van der Waals surface area contributed by atoms with Gasteiger partial charge in [0.1, 0.15) is 6.10 Å². The molecule has 346 valence electrons. The van der Waals surface area contributed by atoms with E-state index in [-0.39, 0.29) is 6.61 Å². The Morgan fingerprint density at radius 1 is 0.441 bits per heavy atom. The molecule has 59 heavy (non-hydrogen) atoms. The van der Waals surface area contributed by atoms with Crippen LogP contribution in [-0.2, 0) is 4.79 Å². The largest absolute Gasteiger partial charge is 0.394 e. The third kappa shape index (κ3) is 44.2. The standard InChI is InChI=1S/C54H101NO4/c1-3-5-7-9-11-13-14-15-16-17-18-19-20-21-22-23-24-25-26-27-28-29-30-31-32-33-34-35-36-37-38-39-41-43-45-47-49-53(58)54(59)55-51(50-56)52(57)48-46-44-42-40-12-10-8-6-4-2/h4,6,12,25-26,40,46,48,51-53,56-58H,3,5,7-11,13-24,27-39,41-45,47,49-50H2,1-2H3,(H,55,59)/b6-4+,26-25-,40-12+,48-46+. The average Bonchev–Trinajstić information content (AvgIpc) is 3.24. The van der Waals surface area contributed by atoms with E-state index in [0.717, 1.165) is 44.9 Å². The van der Waals surface area contributed by atoms with Crippen LogP contribution in [0.25, 0.3) is 0 Å². The summed E-state index contributed by atoms with van der Waals surface area (Å²) in [7, 11) is 0. The maximum atomic E-state index is 12.4. The number of unbranched alkanes of at least 4 members (excludes halogenated alkanes) is 34. The predicted molar refractivity (Wildman–Crippen MR) is 259 cm³/mol. The molecule has 4 N–H and O–H groups in total. The van der Waals surface area contributed by atoms with Crippen molar-refractivity contribution < 1.29 is 20.1 Å². The molecule has 0 saturated heterocycles. The molecular formula is C54H101NO4. The van der Waals surface area contributed by atoms with Crippen molar-refractivity contribution in [3.05, 3.63) is 48.6 Å². The SMILES string of the molecule is C/C=C/CC/C=C/CC/C=C/C(O)C(CO)NC(=O)C(O)CCCCCCCCCCCCCCCCCC/C=C\CCCCCCCCCCCCCCCCCC. The Balaban J connectivity index is 3.44. The molecule has 0 aliphatic rings. The molecule has 0 aliphatic heterocycles. The highest BCUT2D eigenvalue weighted by molar-refractivity contribution is 5.80. The molecule has 0 rings (SSSR count). The van der Waals surface area contributed by atoms with E-state index in [9.17, 15) is 20.1 Å². The summed E-state index contributed by atoms with van der Waals surface area (Å²) in [5, 5.41) is 33.0. The van der Waals surface area contributed by atoms with Gasteiger partial charge in [0.15, 0.2) is 0 Å². The van der Waals surface area contributed by atoms with Gasteiger partial charge in [-0.3, -0.25) is 4.79 Å². The number of allylic oxidation sites excluding steroid dienone is 7. The lowest BCUT2D eigenvalue weighted by molar-refractivity contribution is -0.131. The van der Waals surface area contributed by atoms with Gasteiger partial charge in [-0.25, -0.2) is 0 Å². The molecule has 1 amide bonds. The fraction of sp³-hybridized carbons (Fsp3) is 0.833. The lowest BCUT2D eigenvalue weighted by Gasteiger charge is -2.21. The number of aliphatic hydroxyl groups excluding tert-OH is 3. The number of hydrogen-bond donors (Lipinski definition) is 4. The van der Waals surface area contributed by atoms with Crippen LogP contribution in [0.5, 0.6) is 0 Å². The summed E-state index contributed by atoms with van der Waals surface area (Å²) in [6.07, 6.45) is 65.2. The minimum Gasteiger partial charge on any atom is -0.394 e. The molecule has 5 heteroatoms. The van der Waals surface area contributed by atoms with E-state index < -0.39 is 24.2 Å². The first kappa shape index (κ1) is 57.3. The Bertz CT molecular complexity index is 958. The number of hydrogen-bond acceptors (Lipinski definition) is 4. The summed E-state index contributed by atoms with van der Waals surface area (Å²) in [6.45, 7) is 3.94. The predicted octanol–water partition coefficient (Wildman–Crippen LogP) is 15.7. The van der Waals surface area contributed by atoms with Crippen molar-refractivity contribution in [1.29, 1.82) is 0 Å². The molecule has 0 saturated carbocycles. The highest BCUT2D eigenvalue weighted by Gasteiger charge is 2.22. The van der Waals surface area contributed by atoms with Gasteiger partial charge in [-0.1, -0.05) is 248 Å². The normalized spacial score (nSPS) is 13.8. The van der Waals surface area contributed by atoms with Crippen LogP contribution in [0, 0.1) is 0 Å². The van der Waals surface area contributed by atoms with E-state index in [4.69, 9.17) is 0 Å². The number of carbonyl (C=O) groups excluding carboxylic acids is 1. The number of carbonyl (C=O) groups is 1. The lowest BCUT2D eigenvalue weighted by Crippen LogP contribution is -2.48. The number of amides is 1. The van der Waals surface area contributed by atoms with E-state index >= 15 is 0 Å². The maximum Gasteiger partial charge on any atom is 0.249 e. The molecule has 3 unspecified atom stereocenters. The molecule has 0 bridgehead atoms. The summed E-state index contributed by atoms with van der Waals surface area (Å²) in [5.41, 5.74) is 0. The van der Waals surface area contributed by atoms with Crippen LogP contribution in [0.15, 0.2) is 48.6 Å². The van der Waals surface area contributed by atoms with Gasteiger partial charge in [0.05, 0.1) is 18.8 Å². The zero-order chi connectivity index (χ0) is 43.0. The molecule has 0 aromatic heterocycles. The minimum absolute atomic E-state index is 0.382. The summed E-state index contributed by atoms with van der Waals surface area (Å²) >= 11 is 0. The first-order valence-electron chi connectivity index (χ1n) is 25.9. The van der Waals surface area contributed by atoms with Crippen LogP contribution in [0.3, 0.4) is 0 Å². The van der Waals surface area contributed by atoms with E-state index in [0.29, 0.717) is 6.42 Å². The van der Waals surface area contributed by atoms with Gasteiger partial charge in [0.25, 0.3) is 0 Å². The first-order chi connectivity index (χ1) is 29.1. The Morgan fingerprint density at radius 2 is 0.763 bits per heavy atom. The van der Waals surface area contributed by atoms with Gasteiger partial charge < -0.3 is 20.6 Å². The van der Waals surface area contributed by atoms with Crippen molar-refractivity contribution in [2.75, 3.05) is 6.61 Å². The Morgan fingerprint density at radius 3 is 1.14 bits per heavy atom. The monoisotopic (exact) mass is 828 g/mol. The summed E-state index contributed by atoms with van der Waals surface area (Å²) < 4.78 is 0. The van der Waals surface area contributed by atoms with E-state index in [2.05, 4.69) is 48.7 Å². The van der Waals surface area contributed by atoms with E-state index in [1.165, 1.54) is 199 Å². The van der Waals surface area contributed by atoms with Crippen molar-refractivity contribution in [2.24, 2.45) is 0 Å². The molecule has 3 atom stereocenters. The number of nitrogens with one attached hydrogen (secondary N) is 1. The third-order valence-electron chi connectivity index (χ3n) is 12.0. The molecule has 0 spiro atoms. The molecule has 0 aromatic rings. The van der Waals surface area contributed by atoms with Crippen LogP contribution in [0.1, 0.15) is 264 Å². The Labute approximate surface area is 367 Å². The van der Waals surface area contributed by atoms with Gasteiger partial charge in [-0.2, -0.15) is 0 Å². The highest BCUT2D eigenvalue weighted by atomic mass is 16.3. The van der Waals surface area contributed by atoms with Crippen molar-refractivity contribution >= 4 is 5.91 Å². The van der Waals surface area contributed by atoms with Gasteiger partial charge in [-0.05, 0) is 64.7 Å².